The predicted octanol–water partition coefficient (Wildman–Crippen LogP) is 4.06. The maximum Gasteiger partial charge on any atom is 0.162 e. The molecule has 0 spiro atoms. The smallest absolute Gasteiger partial charge is 0.162 e. The molecule has 1 N–H and O–H groups in total. The zero-order chi connectivity index (χ0) is 14.7. The van der Waals surface area contributed by atoms with Crippen molar-refractivity contribution in [2.75, 3.05) is 19.5 Å². The monoisotopic (exact) mass is 283 g/mol. The fourth-order valence-corrected chi connectivity index (χ4v) is 2.31. The van der Waals surface area contributed by atoms with Gasteiger partial charge in [-0.15, -0.1) is 0 Å². The zero-order valence-corrected chi connectivity index (χ0v) is 12.1. The van der Waals surface area contributed by atoms with Gasteiger partial charge < -0.3 is 19.2 Å². The van der Waals surface area contributed by atoms with E-state index in [-0.39, 0.29) is 0 Å². The van der Waals surface area contributed by atoms with Crippen molar-refractivity contribution in [3.63, 3.8) is 0 Å². The molecule has 21 heavy (non-hydrogen) atoms. The van der Waals surface area contributed by atoms with Crippen LogP contribution in [0.2, 0.25) is 0 Å². The lowest BCUT2D eigenvalue weighted by Gasteiger charge is -2.10. The standard InChI is InChI=1S/C17H17NO3/c1-19-16-8-7-13(9-17(16)20-2)18-10-12-11-21-15-6-4-3-5-14(12)15/h3-9,11,18H,10H2,1-2H3. The molecule has 0 aliphatic heterocycles. The van der Waals surface area contributed by atoms with Gasteiger partial charge in [-0.05, 0) is 18.2 Å². The Morgan fingerprint density at radius 2 is 1.81 bits per heavy atom. The van der Waals surface area contributed by atoms with E-state index in [4.69, 9.17) is 13.9 Å². The van der Waals surface area contributed by atoms with Gasteiger partial charge in [-0.25, -0.2) is 0 Å². The highest BCUT2D eigenvalue weighted by atomic mass is 16.5. The van der Waals surface area contributed by atoms with Gasteiger partial charge in [-0.3, -0.25) is 0 Å². The molecule has 3 aromatic rings. The first kappa shape index (κ1) is 13.4. The van der Waals surface area contributed by atoms with E-state index >= 15 is 0 Å². The molecule has 4 heteroatoms. The van der Waals surface area contributed by atoms with Gasteiger partial charge in [0, 0.05) is 29.2 Å². The van der Waals surface area contributed by atoms with E-state index in [1.54, 1.807) is 20.5 Å². The van der Waals surface area contributed by atoms with Crippen molar-refractivity contribution >= 4 is 16.7 Å². The molecule has 4 nitrogen and oxygen atoms in total. The molecule has 0 unspecified atom stereocenters. The first-order valence-electron chi connectivity index (χ1n) is 6.73. The van der Waals surface area contributed by atoms with Crippen LogP contribution in [0.3, 0.4) is 0 Å². The van der Waals surface area contributed by atoms with E-state index in [1.165, 1.54) is 0 Å². The first-order chi connectivity index (χ1) is 10.3. The summed E-state index contributed by atoms with van der Waals surface area (Å²) in [5.74, 6) is 1.43. The second kappa shape index (κ2) is 5.79. The number of furan rings is 1. The Labute approximate surface area is 123 Å². The lowest BCUT2D eigenvalue weighted by molar-refractivity contribution is 0.355. The van der Waals surface area contributed by atoms with E-state index in [0.29, 0.717) is 12.3 Å². The molecule has 108 valence electrons. The Morgan fingerprint density at radius 1 is 1.00 bits per heavy atom. The Morgan fingerprint density at radius 3 is 2.62 bits per heavy atom. The summed E-state index contributed by atoms with van der Waals surface area (Å²) in [6.07, 6.45) is 1.79. The summed E-state index contributed by atoms with van der Waals surface area (Å²) in [5.41, 5.74) is 3.00. The van der Waals surface area contributed by atoms with Crippen LogP contribution in [0.5, 0.6) is 11.5 Å². The number of hydrogen-bond acceptors (Lipinski definition) is 4. The highest BCUT2D eigenvalue weighted by Gasteiger charge is 2.07. The maximum atomic E-state index is 5.53. The minimum absolute atomic E-state index is 0.687. The SMILES string of the molecule is COc1ccc(NCc2coc3ccccc23)cc1OC. The molecule has 1 aromatic heterocycles. The summed E-state index contributed by atoms with van der Waals surface area (Å²) in [4.78, 5) is 0. The summed E-state index contributed by atoms with van der Waals surface area (Å²) >= 11 is 0. The van der Waals surface area contributed by atoms with Crippen molar-refractivity contribution in [2.24, 2.45) is 0 Å². The van der Waals surface area contributed by atoms with Crippen molar-refractivity contribution in [2.45, 2.75) is 6.54 Å². The van der Waals surface area contributed by atoms with Gasteiger partial charge in [-0.1, -0.05) is 18.2 Å². The Balaban J connectivity index is 1.78. The van der Waals surface area contributed by atoms with Gasteiger partial charge >= 0.3 is 0 Å². The Hall–Kier alpha value is -2.62. The quantitative estimate of drug-likeness (QED) is 0.766. The number of rotatable bonds is 5. The predicted molar refractivity (Wildman–Crippen MR) is 83.1 cm³/mol. The van der Waals surface area contributed by atoms with Gasteiger partial charge in [0.05, 0.1) is 20.5 Å². The molecule has 0 aliphatic rings. The van der Waals surface area contributed by atoms with Crippen LogP contribution < -0.4 is 14.8 Å². The molecule has 0 saturated carbocycles. The van der Waals surface area contributed by atoms with Crippen LogP contribution in [-0.2, 0) is 6.54 Å². The molecule has 0 atom stereocenters. The number of methoxy groups -OCH3 is 2. The molecule has 2 aromatic carbocycles. The van der Waals surface area contributed by atoms with Gasteiger partial charge in [0.1, 0.15) is 5.58 Å². The van der Waals surface area contributed by atoms with E-state index in [2.05, 4.69) is 11.4 Å². The second-order valence-corrected chi connectivity index (χ2v) is 4.68. The fraction of sp³-hybridized carbons (Fsp3) is 0.176. The normalized spacial score (nSPS) is 10.6. The van der Waals surface area contributed by atoms with E-state index in [9.17, 15) is 0 Å². The van der Waals surface area contributed by atoms with Gasteiger partial charge in [0.2, 0.25) is 0 Å². The van der Waals surface area contributed by atoms with Gasteiger partial charge in [0.25, 0.3) is 0 Å². The molecular formula is C17H17NO3. The Kier molecular flexibility index (Phi) is 3.69. The highest BCUT2D eigenvalue weighted by molar-refractivity contribution is 5.81. The number of benzene rings is 2. The minimum atomic E-state index is 0.687. The van der Waals surface area contributed by atoms with Crippen LogP contribution in [0.4, 0.5) is 5.69 Å². The molecular weight excluding hydrogens is 266 g/mol. The van der Waals surface area contributed by atoms with Crippen molar-refractivity contribution in [3.05, 3.63) is 54.3 Å². The van der Waals surface area contributed by atoms with Crippen molar-refractivity contribution < 1.29 is 13.9 Å². The number of ether oxygens (including phenoxy) is 2. The van der Waals surface area contributed by atoms with Crippen molar-refractivity contribution in [3.8, 4) is 11.5 Å². The molecule has 0 bridgehead atoms. The Bertz CT molecular complexity index is 749. The summed E-state index contributed by atoms with van der Waals surface area (Å²) in [6.45, 7) is 0.687. The maximum absolute atomic E-state index is 5.53. The summed E-state index contributed by atoms with van der Waals surface area (Å²) < 4.78 is 16.1. The molecule has 1 heterocycles. The van der Waals surface area contributed by atoms with Crippen molar-refractivity contribution in [1.29, 1.82) is 0 Å². The lowest BCUT2D eigenvalue weighted by Crippen LogP contribution is -1.99. The number of fused-ring (bicyclic) bond motifs is 1. The van der Waals surface area contributed by atoms with Crippen LogP contribution in [0.15, 0.2) is 53.1 Å². The highest BCUT2D eigenvalue weighted by Crippen LogP contribution is 2.30. The third-order valence-corrected chi connectivity index (χ3v) is 3.43. The van der Waals surface area contributed by atoms with Crippen LogP contribution in [-0.4, -0.2) is 14.2 Å². The average molecular weight is 283 g/mol. The number of hydrogen-bond donors (Lipinski definition) is 1. The van der Waals surface area contributed by atoms with E-state index in [0.717, 1.165) is 28.0 Å². The summed E-state index contributed by atoms with van der Waals surface area (Å²) in [6, 6.07) is 13.8. The second-order valence-electron chi connectivity index (χ2n) is 4.68. The van der Waals surface area contributed by atoms with Gasteiger partial charge in [-0.2, -0.15) is 0 Å². The molecule has 0 amide bonds. The molecule has 0 saturated heterocycles. The largest absolute Gasteiger partial charge is 0.493 e. The number of nitrogens with one attached hydrogen (secondary N) is 1. The van der Waals surface area contributed by atoms with E-state index < -0.39 is 0 Å². The summed E-state index contributed by atoms with van der Waals surface area (Å²) in [5, 5.41) is 4.50. The first-order valence-corrected chi connectivity index (χ1v) is 6.73. The topological polar surface area (TPSA) is 43.6 Å². The fourth-order valence-electron chi connectivity index (χ4n) is 2.31. The third-order valence-electron chi connectivity index (χ3n) is 3.43. The molecule has 0 radical (unpaired) electrons. The van der Waals surface area contributed by atoms with Crippen molar-refractivity contribution in [1.82, 2.24) is 0 Å². The zero-order valence-electron chi connectivity index (χ0n) is 12.1. The molecule has 3 rings (SSSR count). The van der Waals surface area contributed by atoms with Crippen LogP contribution in [0.25, 0.3) is 11.0 Å². The van der Waals surface area contributed by atoms with Crippen LogP contribution in [0, 0.1) is 0 Å². The van der Waals surface area contributed by atoms with Gasteiger partial charge in [0.15, 0.2) is 11.5 Å². The van der Waals surface area contributed by atoms with Crippen LogP contribution in [0.1, 0.15) is 5.56 Å². The number of para-hydroxylation sites is 1. The van der Waals surface area contributed by atoms with Crippen LogP contribution >= 0.6 is 0 Å². The number of anilines is 1. The molecule has 0 fully saturated rings. The van der Waals surface area contributed by atoms with E-state index in [1.807, 2.05) is 36.4 Å². The lowest BCUT2D eigenvalue weighted by atomic mass is 10.2. The third kappa shape index (κ3) is 2.65. The summed E-state index contributed by atoms with van der Waals surface area (Å²) in [7, 11) is 3.26. The average Bonchev–Trinajstić information content (AvgIpc) is 2.96. The minimum Gasteiger partial charge on any atom is -0.493 e. The molecule has 0 aliphatic carbocycles.